The first-order valence-electron chi connectivity index (χ1n) is 11.5. The number of hydrogen-bond donors (Lipinski definition) is 1. The highest BCUT2D eigenvalue weighted by molar-refractivity contribution is 6.06. The van der Waals surface area contributed by atoms with E-state index in [9.17, 15) is 4.79 Å². The minimum Gasteiger partial charge on any atom is -0.492 e. The molecule has 1 amide bonds. The quantitative estimate of drug-likeness (QED) is 0.218. The number of amides is 1. The van der Waals surface area contributed by atoms with Crippen LogP contribution in [0, 0.1) is 0 Å². The molecule has 0 aliphatic carbocycles. The van der Waals surface area contributed by atoms with Crippen LogP contribution in [0.3, 0.4) is 0 Å². The van der Waals surface area contributed by atoms with E-state index in [0.717, 1.165) is 5.56 Å². The molecule has 2 heterocycles. The average molecular weight is 482 g/mol. The third-order valence-corrected chi connectivity index (χ3v) is 5.18. The van der Waals surface area contributed by atoms with Crippen LogP contribution in [0.2, 0.25) is 0 Å². The molecule has 8 nitrogen and oxygen atoms in total. The number of hydrogen-bond acceptors (Lipinski definition) is 6. The zero-order valence-corrected chi connectivity index (χ0v) is 19.8. The summed E-state index contributed by atoms with van der Waals surface area (Å²) in [5.41, 5.74) is 1.95. The van der Waals surface area contributed by atoms with Gasteiger partial charge in [0, 0.05) is 6.54 Å². The summed E-state index contributed by atoms with van der Waals surface area (Å²) in [7, 11) is 0. The molecule has 4 rings (SSSR count). The Balaban J connectivity index is 1.55. The van der Waals surface area contributed by atoms with Gasteiger partial charge in [-0.05, 0) is 42.3 Å². The van der Waals surface area contributed by atoms with Crippen molar-refractivity contribution in [3.05, 3.63) is 109 Å². The lowest BCUT2D eigenvalue weighted by molar-refractivity contribution is 0.102. The van der Waals surface area contributed by atoms with Crippen molar-refractivity contribution >= 4 is 11.7 Å². The number of rotatable bonds is 12. The number of ether oxygens (including phenoxy) is 2. The Kier molecular flexibility index (Phi) is 8.22. The first-order chi connectivity index (χ1) is 17.7. The zero-order valence-electron chi connectivity index (χ0n) is 19.8. The summed E-state index contributed by atoms with van der Waals surface area (Å²) >= 11 is 0. The summed E-state index contributed by atoms with van der Waals surface area (Å²) in [6.07, 6.45) is 5.77. The van der Waals surface area contributed by atoms with E-state index in [2.05, 4.69) is 33.7 Å². The molecule has 2 aromatic heterocycles. The minimum absolute atomic E-state index is 0.339. The number of nitrogens with one attached hydrogen (secondary N) is 1. The van der Waals surface area contributed by atoms with Crippen LogP contribution in [0.4, 0.5) is 5.82 Å². The Morgan fingerprint density at radius 3 is 2.67 bits per heavy atom. The van der Waals surface area contributed by atoms with Crippen LogP contribution in [0.25, 0.3) is 11.5 Å². The molecule has 2 aromatic carbocycles. The van der Waals surface area contributed by atoms with Crippen LogP contribution in [-0.2, 0) is 13.2 Å². The van der Waals surface area contributed by atoms with E-state index in [1.54, 1.807) is 54.9 Å². The number of benzene rings is 2. The number of anilines is 1. The van der Waals surface area contributed by atoms with E-state index >= 15 is 0 Å². The molecule has 0 aliphatic rings. The molecule has 36 heavy (non-hydrogen) atoms. The highest BCUT2D eigenvalue weighted by Crippen LogP contribution is 2.27. The van der Waals surface area contributed by atoms with Gasteiger partial charge in [0.05, 0.1) is 12.2 Å². The van der Waals surface area contributed by atoms with E-state index in [1.807, 2.05) is 34.9 Å². The largest absolute Gasteiger partial charge is 0.492 e. The summed E-state index contributed by atoms with van der Waals surface area (Å²) in [6.45, 7) is 8.80. The van der Waals surface area contributed by atoms with Gasteiger partial charge in [-0.25, -0.2) is 4.98 Å². The lowest BCUT2D eigenvalue weighted by Crippen LogP contribution is -2.15. The molecule has 0 aliphatic heterocycles. The van der Waals surface area contributed by atoms with Crippen LogP contribution in [0.1, 0.15) is 22.3 Å². The van der Waals surface area contributed by atoms with Crippen molar-refractivity contribution in [3.8, 4) is 23.0 Å². The van der Waals surface area contributed by atoms with E-state index in [4.69, 9.17) is 9.47 Å². The molecule has 8 heteroatoms. The second-order valence-corrected chi connectivity index (χ2v) is 7.82. The Labute approximate surface area is 209 Å². The topological polar surface area (TPSA) is 91.2 Å². The third kappa shape index (κ3) is 6.24. The van der Waals surface area contributed by atoms with E-state index < -0.39 is 0 Å². The van der Waals surface area contributed by atoms with Gasteiger partial charge in [-0.1, -0.05) is 48.6 Å². The molecule has 0 atom stereocenters. The van der Waals surface area contributed by atoms with Gasteiger partial charge in [0.1, 0.15) is 35.9 Å². The summed E-state index contributed by atoms with van der Waals surface area (Å²) in [5.74, 6) is 1.59. The molecule has 0 fully saturated rings. The second-order valence-electron chi connectivity index (χ2n) is 7.82. The predicted octanol–water partition coefficient (Wildman–Crippen LogP) is 5.31. The second kappa shape index (κ2) is 12.1. The predicted molar refractivity (Wildman–Crippen MR) is 139 cm³/mol. The molecule has 0 saturated carbocycles. The minimum atomic E-state index is -0.369. The van der Waals surface area contributed by atoms with Crippen molar-refractivity contribution in [2.24, 2.45) is 0 Å². The van der Waals surface area contributed by atoms with Crippen molar-refractivity contribution in [2.75, 3.05) is 11.9 Å². The molecule has 0 saturated heterocycles. The Morgan fingerprint density at radius 2 is 1.86 bits per heavy atom. The van der Waals surface area contributed by atoms with E-state index in [-0.39, 0.29) is 5.91 Å². The number of nitrogens with zero attached hydrogens (tertiary/aromatic N) is 4. The van der Waals surface area contributed by atoms with Crippen molar-refractivity contribution in [3.63, 3.8) is 0 Å². The van der Waals surface area contributed by atoms with Gasteiger partial charge >= 0.3 is 0 Å². The number of pyridine rings is 1. The SMILES string of the molecule is C=CCCOc1ccc(OCc2ccccc2)cc1C(=O)Nc1cccc(-c2nncn2CC=C)n1. The number of allylic oxidation sites excluding steroid dienone is 1. The van der Waals surface area contributed by atoms with Gasteiger partial charge in [0.2, 0.25) is 0 Å². The monoisotopic (exact) mass is 481 g/mol. The third-order valence-electron chi connectivity index (χ3n) is 5.18. The molecule has 0 radical (unpaired) electrons. The molecule has 0 unspecified atom stereocenters. The average Bonchev–Trinajstić information content (AvgIpc) is 3.37. The molecule has 4 aromatic rings. The number of carbonyl (C=O) groups is 1. The van der Waals surface area contributed by atoms with Crippen molar-refractivity contribution in [2.45, 2.75) is 19.6 Å². The van der Waals surface area contributed by atoms with Crippen LogP contribution in [0.15, 0.2) is 98.4 Å². The summed E-state index contributed by atoms with van der Waals surface area (Å²) in [4.78, 5) is 17.9. The first-order valence-corrected chi connectivity index (χ1v) is 11.5. The number of aromatic nitrogens is 4. The van der Waals surface area contributed by atoms with Crippen molar-refractivity contribution in [1.29, 1.82) is 0 Å². The fraction of sp³-hybridized carbons (Fsp3) is 0.143. The van der Waals surface area contributed by atoms with Gasteiger partial charge in [-0.2, -0.15) is 0 Å². The molecular formula is C28H27N5O3. The van der Waals surface area contributed by atoms with Gasteiger partial charge in [0.15, 0.2) is 5.82 Å². The van der Waals surface area contributed by atoms with Crippen LogP contribution in [-0.4, -0.2) is 32.3 Å². The standard InChI is InChI=1S/C28H27N5O3/c1-3-5-17-35-25-15-14-22(36-19-21-10-7-6-8-11-21)18-23(25)28(34)31-26-13-9-12-24(30-26)27-32-29-20-33(27)16-4-2/h3-4,6-15,18,20H,1-2,5,16-17,19H2,(H,30,31,34). The Hall–Kier alpha value is -4.72. The van der Waals surface area contributed by atoms with Crippen LogP contribution in [0.5, 0.6) is 11.5 Å². The fourth-order valence-electron chi connectivity index (χ4n) is 3.43. The van der Waals surface area contributed by atoms with Crippen molar-refractivity contribution in [1.82, 2.24) is 19.7 Å². The smallest absolute Gasteiger partial charge is 0.260 e. The van der Waals surface area contributed by atoms with Gasteiger partial charge in [-0.3, -0.25) is 4.79 Å². The Bertz CT molecular complexity index is 1330. The van der Waals surface area contributed by atoms with Gasteiger partial charge in [-0.15, -0.1) is 23.4 Å². The summed E-state index contributed by atoms with van der Waals surface area (Å²) < 4.78 is 13.6. The molecule has 0 bridgehead atoms. The van der Waals surface area contributed by atoms with E-state index in [1.165, 1.54) is 0 Å². The van der Waals surface area contributed by atoms with Gasteiger partial charge in [0.25, 0.3) is 5.91 Å². The van der Waals surface area contributed by atoms with Crippen molar-refractivity contribution < 1.29 is 14.3 Å². The lowest BCUT2D eigenvalue weighted by Gasteiger charge is -2.14. The maximum atomic E-state index is 13.3. The fourth-order valence-corrected chi connectivity index (χ4v) is 3.43. The lowest BCUT2D eigenvalue weighted by atomic mass is 10.1. The maximum Gasteiger partial charge on any atom is 0.260 e. The van der Waals surface area contributed by atoms with Crippen LogP contribution >= 0.6 is 0 Å². The van der Waals surface area contributed by atoms with Crippen LogP contribution < -0.4 is 14.8 Å². The normalized spacial score (nSPS) is 10.4. The first kappa shape index (κ1) is 24.4. The summed E-state index contributed by atoms with van der Waals surface area (Å²) in [5, 5.41) is 11.0. The Morgan fingerprint density at radius 1 is 1.00 bits per heavy atom. The maximum absolute atomic E-state index is 13.3. The number of carbonyl (C=O) groups excluding carboxylic acids is 1. The molecule has 182 valence electrons. The molecule has 1 N–H and O–H groups in total. The molecular weight excluding hydrogens is 454 g/mol. The van der Waals surface area contributed by atoms with Gasteiger partial charge < -0.3 is 19.4 Å². The highest BCUT2D eigenvalue weighted by atomic mass is 16.5. The molecule has 0 spiro atoms. The summed E-state index contributed by atoms with van der Waals surface area (Å²) in [6, 6.07) is 20.3. The zero-order chi connectivity index (χ0) is 25.2. The van der Waals surface area contributed by atoms with E-state index in [0.29, 0.717) is 60.6 Å². The highest BCUT2D eigenvalue weighted by Gasteiger charge is 2.17.